The van der Waals surface area contributed by atoms with Crippen LogP contribution in [0.25, 0.3) is 0 Å². The van der Waals surface area contributed by atoms with E-state index in [1.807, 2.05) is 13.8 Å². The van der Waals surface area contributed by atoms with Crippen LogP contribution in [0.2, 0.25) is 0 Å². The van der Waals surface area contributed by atoms with Crippen LogP contribution in [0, 0.1) is 5.92 Å². The molecule has 3 saturated heterocycles. The highest BCUT2D eigenvalue weighted by Gasteiger charge is 2.56. The van der Waals surface area contributed by atoms with E-state index in [1.165, 1.54) is 0 Å². The highest BCUT2D eigenvalue weighted by molar-refractivity contribution is 5.80. The zero-order valence-electron chi connectivity index (χ0n) is 14.5. The Kier molecular flexibility index (Phi) is 3.55. The van der Waals surface area contributed by atoms with Crippen molar-refractivity contribution in [2.24, 2.45) is 5.92 Å². The summed E-state index contributed by atoms with van der Waals surface area (Å²) in [7, 11) is 0. The van der Waals surface area contributed by atoms with Crippen molar-refractivity contribution < 1.29 is 23.8 Å². The molecule has 4 rings (SSSR count). The van der Waals surface area contributed by atoms with Crippen molar-refractivity contribution >= 4 is 11.9 Å². The number of rotatable bonds is 0. The highest BCUT2D eigenvalue weighted by Crippen LogP contribution is 2.45. The van der Waals surface area contributed by atoms with Crippen LogP contribution < -0.4 is 0 Å². The monoisotopic (exact) mass is 335 g/mol. The number of nitrogens with zero attached hydrogens (tertiary/aromatic N) is 1. The summed E-state index contributed by atoms with van der Waals surface area (Å²) >= 11 is 0. The Balaban J connectivity index is 1.65. The van der Waals surface area contributed by atoms with Crippen LogP contribution in [-0.2, 0) is 23.8 Å². The molecule has 2 bridgehead atoms. The van der Waals surface area contributed by atoms with E-state index in [0.717, 1.165) is 25.1 Å². The van der Waals surface area contributed by atoms with E-state index in [4.69, 9.17) is 14.2 Å². The van der Waals surface area contributed by atoms with Gasteiger partial charge in [-0.3, -0.25) is 9.69 Å². The molecule has 5 atom stereocenters. The molecule has 4 heterocycles. The van der Waals surface area contributed by atoms with Crippen molar-refractivity contribution in [1.29, 1.82) is 0 Å². The molecule has 0 aromatic carbocycles. The average molecular weight is 335 g/mol. The molecule has 6 nitrogen and oxygen atoms in total. The van der Waals surface area contributed by atoms with Gasteiger partial charge in [-0.15, -0.1) is 0 Å². The molecule has 6 heteroatoms. The van der Waals surface area contributed by atoms with E-state index in [0.29, 0.717) is 6.42 Å². The van der Waals surface area contributed by atoms with Gasteiger partial charge in [0.1, 0.15) is 12.7 Å². The van der Waals surface area contributed by atoms with Crippen molar-refractivity contribution in [3.8, 4) is 0 Å². The molecule has 132 valence electrons. The smallest absolute Gasteiger partial charge is 0.338 e. The SMILES string of the molecule is CC1CC2(C)CC(=O)OC3CCN4CC=C(COC(=O)C1(C)O2)C34. The first-order chi connectivity index (χ1) is 11.3. The second-order valence-electron chi connectivity index (χ2n) is 8.05. The number of hydrogen-bond donors (Lipinski definition) is 0. The topological polar surface area (TPSA) is 65.1 Å². The first-order valence-corrected chi connectivity index (χ1v) is 8.81. The van der Waals surface area contributed by atoms with Gasteiger partial charge in [0.15, 0.2) is 5.60 Å². The maximum atomic E-state index is 12.7. The van der Waals surface area contributed by atoms with E-state index in [2.05, 4.69) is 11.0 Å². The predicted octanol–water partition coefficient (Wildman–Crippen LogP) is 1.43. The summed E-state index contributed by atoms with van der Waals surface area (Å²) in [5.41, 5.74) is -0.658. The van der Waals surface area contributed by atoms with Gasteiger partial charge < -0.3 is 14.2 Å². The van der Waals surface area contributed by atoms with Crippen molar-refractivity contribution in [3.63, 3.8) is 0 Å². The summed E-state index contributed by atoms with van der Waals surface area (Å²) in [6, 6.07) is 0.0535. The third kappa shape index (κ3) is 2.39. The fourth-order valence-corrected chi connectivity index (χ4v) is 4.78. The molecule has 0 N–H and O–H groups in total. The number of hydrogen-bond acceptors (Lipinski definition) is 6. The van der Waals surface area contributed by atoms with E-state index in [9.17, 15) is 9.59 Å². The lowest BCUT2D eigenvalue weighted by molar-refractivity contribution is -0.184. The summed E-state index contributed by atoms with van der Waals surface area (Å²) in [4.78, 5) is 27.5. The van der Waals surface area contributed by atoms with Gasteiger partial charge in [0.05, 0.1) is 18.1 Å². The van der Waals surface area contributed by atoms with E-state index < -0.39 is 11.2 Å². The minimum absolute atomic E-state index is 0.0166. The summed E-state index contributed by atoms with van der Waals surface area (Å²) in [5.74, 6) is -0.584. The number of esters is 2. The molecule has 24 heavy (non-hydrogen) atoms. The van der Waals surface area contributed by atoms with Crippen molar-refractivity contribution in [1.82, 2.24) is 4.90 Å². The fourth-order valence-electron chi connectivity index (χ4n) is 4.78. The second kappa shape index (κ2) is 5.30. The Morgan fingerprint density at radius 3 is 2.88 bits per heavy atom. The number of ether oxygens (including phenoxy) is 3. The van der Waals surface area contributed by atoms with Gasteiger partial charge in [0.2, 0.25) is 0 Å². The summed E-state index contributed by atoms with van der Waals surface area (Å²) in [6.07, 6.45) is 3.57. The van der Waals surface area contributed by atoms with Crippen molar-refractivity contribution in [3.05, 3.63) is 11.6 Å². The molecule has 4 aliphatic heterocycles. The first kappa shape index (κ1) is 16.1. The molecule has 0 aromatic rings. The molecule has 0 radical (unpaired) electrons. The molecule has 3 fully saturated rings. The largest absolute Gasteiger partial charge is 0.460 e. The maximum Gasteiger partial charge on any atom is 0.338 e. The van der Waals surface area contributed by atoms with Crippen LogP contribution in [0.4, 0.5) is 0 Å². The van der Waals surface area contributed by atoms with E-state index in [1.54, 1.807) is 6.92 Å². The lowest BCUT2D eigenvalue weighted by Gasteiger charge is -2.32. The summed E-state index contributed by atoms with van der Waals surface area (Å²) < 4.78 is 17.5. The molecular weight excluding hydrogens is 310 g/mol. The van der Waals surface area contributed by atoms with Crippen LogP contribution in [-0.4, -0.2) is 59.9 Å². The van der Waals surface area contributed by atoms with Gasteiger partial charge in [-0.1, -0.05) is 13.0 Å². The van der Waals surface area contributed by atoms with Crippen LogP contribution in [0.15, 0.2) is 11.6 Å². The molecule has 0 aliphatic carbocycles. The molecule has 0 saturated carbocycles. The number of carbonyl (C=O) groups excluding carboxylic acids is 2. The number of carbonyl (C=O) groups is 2. The van der Waals surface area contributed by atoms with Gasteiger partial charge in [-0.2, -0.15) is 0 Å². The molecule has 0 spiro atoms. The van der Waals surface area contributed by atoms with Crippen LogP contribution >= 0.6 is 0 Å². The molecule has 0 aromatic heterocycles. The highest BCUT2D eigenvalue weighted by atomic mass is 16.6. The third-order valence-electron chi connectivity index (χ3n) is 6.13. The van der Waals surface area contributed by atoms with Gasteiger partial charge >= 0.3 is 11.9 Å². The first-order valence-electron chi connectivity index (χ1n) is 8.81. The molecule has 4 aliphatic rings. The number of fused-ring (bicyclic) bond motifs is 2. The molecular formula is C18H25NO5. The Labute approximate surface area is 142 Å². The zero-order valence-corrected chi connectivity index (χ0v) is 14.5. The quantitative estimate of drug-likeness (QED) is 0.493. The Bertz CT molecular complexity index is 617. The normalized spacial score (nSPS) is 45.8. The fraction of sp³-hybridized carbons (Fsp3) is 0.778. The average Bonchev–Trinajstić information content (AvgIpc) is 3.11. The minimum atomic E-state index is -1.01. The van der Waals surface area contributed by atoms with Gasteiger partial charge in [-0.05, 0) is 38.2 Å². The number of cyclic esters (lactones) is 1. The second-order valence-corrected chi connectivity index (χ2v) is 8.05. The van der Waals surface area contributed by atoms with Crippen molar-refractivity contribution in [2.75, 3.05) is 19.7 Å². The molecule has 5 unspecified atom stereocenters. The van der Waals surface area contributed by atoms with Gasteiger partial charge in [0, 0.05) is 13.1 Å². The van der Waals surface area contributed by atoms with Crippen molar-refractivity contribution in [2.45, 2.75) is 63.4 Å². The van der Waals surface area contributed by atoms with Crippen LogP contribution in [0.1, 0.15) is 40.0 Å². The van der Waals surface area contributed by atoms with Gasteiger partial charge in [-0.25, -0.2) is 4.79 Å². The molecule has 0 amide bonds. The maximum absolute atomic E-state index is 12.7. The van der Waals surface area contributed by atoms with E-state index >= 15 is 0 Å². The van der Waals surface area contributed by atoms with Crippen LogP contribution in [0.5, 0.6) is 0 Å². The lowest BCUT2D eigenvalue weighted by atomic mass is 9.86. The van der Waals surface area contributed by atoms with Gasteiger partial charge in [0.25, 0.3) is 0 Å². The third-order valence-corrected chi connectivity index (χ3v) is 6.13. The Hall–Kier alpha value is -1.40. The summed E-state index contributed by atoms with van der Waals surface area (Å²) in [5, 5.41) is 0. The standard InChI is InChI=1S/C18H25NO5/c1-11-8-17(2)9-14(20)23-13-5-7-19-6-4-12(15(13)19)10-22-16(21)18(11,3)24-17/h4,11,13,15H,5-10H2,1-3H3. The minimum Gasteiger partial charge on any atom is -0.460 e. The zero-order chi connectivity index (χ0) is 17.1. The van der Waals surface area contributed by atoms with Crippen LogP contribution in [0.3, 0.4) is 0 Å². The Morgan fingerprint density at radius 1 is 1.29 bits per heavy atom. The predicted molar refractivity (Wildman–Crippen MR) is 85.2 cm³/mol. The summed E-state index contributed by atoms with van der Waals surface area (Å²) in [6.45, 7) is 7.61. The Morgan fingerprint density at radius 2 is 2.08 bits per heavy atom. The lowest BCUT2D eigenvalue weighted by Crippen LogP contribution is -2.45. The van der Waals surface area contributed by atoms with E-state index in [-0.39, 0.29) is 43.0 Å².